The highest BCUT2D eigenvalue weighted by molar-refractivity contribution is 7.99. The number of hydrogen-bond donors (Lipinski definition) is 2. The van der Waals surface area contributed by atoms with Gasteiger partial charge in [-0.1, -0.05) is 26.0 Å². The molecule has 0 amide bonds. The first kappa shape index (κ1) is 15.9. The highest BCUT2D eigenvalue weighted by Crippen LogP contribution is 2.20. The first-order chi connectivity index (χ1) is 10.0. The Morgan fingerprint density at radius 3 is 2.71 bits per heavy atom. The van der Waals surface area contributed by atoms with Crippen molar-refractivity contribution in [2.24, 2.45) is 5.92 Å². The molecule has 5 heteroatoms. The molecule has 0 fully saturated rings. The predicted molar refractivity (Wildman–Crippen MR) is 91.8 cm³/mol. The van der Waals surface area contributed by atoms with E-state index in [0.717, 1.165) is 34.6 Å². The van der Waals surface area contributed by atoms with Crippen LogP contribution in [0.1, 0.15) is 26.6 Å². The van der Waals surface area contributed by atoms with E-state index in [0.29, 0.717) is 6.04 Å². The van der Waals surface area contributed by atoms with Gasteiger partial charge in [-0.25, -0.2) is 4.98 Å². The summed E-state index contributed by atoms with van der Waals surface area (Å²) in [5.41, 5.74) is 2.15. The van der Waals surface area contributed by atoms with Crippen molar-refractivity contribution in [2.45, 2.75) is 33.7 Å². The lowest BCUT2D eigenvalue weighted by atomic mass is 10.2. The molecular formula is C16H24N4S. The van der Waals surface area contributed by atoms with Crippen LogP contribution in [-0.2, 0) is 0 Å². The van der Waals surface area contributed by atoms with Crippen LogP contribution in [0.25, 0.3) is 11.4 Å². The Morgan fingerprint density at radius 2 is 2.05 bits per heavy atom. The highest BCUT2D eigenvalue weighted by atomic mass is 32.2. The van der Waals surface area contributed by atoms with Gasteiger partial charge in [-0.2, -0.15) is 16.9 Å². The molecule has 114 valence electrons. The first-order valence-electron chi connectivity index (χ1n) is 7.38. The average Bonchev–Trinajstić information content (AvgIpc) is 2.85. The molecule has 1 aromatic carbocycles. The lowest BCUT2D eigenvalue weighted by Gasteiger charge is -2.16. The number of thioether (sulfide) groups is 1. The quantitative estimate of drug-likeness (QED) is 0.812. The molecule has 0 aliphatic rings. The summed E-state index contributed by atoms with van der Waals surface area (Å²) < 4.78 is 0. The van der Waals surface area contributed by atoms with Crippen LogP contribution in [0.3, 0.4) is 0 Å². The molecular weight excluding hydrogens is 280 g/mol. The van der Waals surface area contributed by atoms with Gasteiger partial charge in [0.1, 0.15) is 5.82 Å². The third kappa shape index (κ3) is 5.08. The number of nitrogens with zero attached hydrogens (tertiary/aromatic N) is 2. The van der Waals surface area contributed by atoms with Gasteiger partial charge in [-0.15, -0.1) is 0 Å². The molecule has 1 atom stereocenters. The molecule has 0 saturated carbocycles. The fraction of sp³-hybridized carbons (Fsp3) is 0.500. The van der Waals surface area contributed by atoms with Gasteiger partial charge in [0.05, 0.1) is 0 Å². The van der Waals surface area contributed by atoms with E-state index in [2.05, 4.69) is 53.4 Å². The average molecular weight is 304 g/mol. The summed E-state index contributed by atoms with van der Waals surface area (Å²) in [6.07, 6.45) is 0. The van der Waals surface area contributed by atoms with Crippen molar-refractivity contribution in [2.75, 3.05) is 16.8 Å². The Hall–Kier alpha value is -1.49. The lowest BCUT2D eigenvalue weighted by molar-refractivity contribution is 0.748. The van der Waals surface area contributed by atoms with Crippen LogP contribution < -0.4 is 5.32 Å². The zero-order valence-electron chi connectivity index (χ0n) is 13.2. The lowest BCUT2D eigenvalue weighted by Crippen LogP contribution is -2.18. The topological polar surface area (TPSA) is 53.6 Å². The van der Waals surface area contributed by atoms with Crippen molar-refractivity contribution < 1.29 is 0 Å². The van der Waals surface area contributed by atoms with Crippen molar-refractivity contribution in [1.29, 1.82) is 0 Å². The van der Waals surface area contributed by atoms with Crippen molar-refractivity contribution >= 4 is 17.4 Å². The van der Waals surface area contributed by atoms with E-state index in [4.69, 9.17) is 0 Å². The largest absolute Gasteiger partial charge is 0.382 e. The maximum absolute atomic E-state index is 4.37. The second-order valence-electron chi connectivity index (χ2n) is 5.80. The van der Waals surface area contributed by atoms with Crippen LogP contribution in [0.15, 0.2) is 24.3 Å². The Labute approximate surface area is 131 Å². The number of rotatable bonds is 7. The van der Waals surface area contributed by atoms with Gasteiger partial charge < -0.3 is 5.32 Å². The molecule has 2 N–H and O–H groups in total. The molecule has 1 heterocycles. The molecule has 0 unspecified atom stereocenters. The standard InChI is InChI=1S/C16H24N4S/c1-11(2)9-21-10-12(3)17-15-7-5-6-14(8-15)16-18-13(4)19-20-16/h5-8,11-12,17H,9-10H2,1-4H3,(H,18,19,20)/t12-/m1/s1. The maximum Gasteiger partial charge on any atom is 0.181 e. The number of aromatic amines is 1. The Bertz CT molecular complexity index is 565. The molecule has 0 spiro atoms. The van der Waals surface area contributed by atoms with Crippen LogP contribution in [0.2, 0.25) is 0 Å². The molecule has 2 aromatic rings. The Balaban J connectivity index is 1.95. The zero-order chi connectivity index (χ0) is 15.2. The number of aromatic nitrogens is 3. The minimum atomic E-state index is 0.442. The van der Waals surface area contributed by atoms with Crippen LogP contribution in [-0.4, -0.2) is 32.7 Å². The molecule has 1 aromatic heterocycles. The van der Waals surface area contributed by atoms with Crippen molar-refractivity contribution in [3.8, 4) is 11.4 Å². The van der Waals surface area contributed by atoms with E-state index in [1.807, 2.05) is 30.8 Å². The molecule has 4 nitrogen and oxygen atoms in total. The van der Waals surface area contributed by atoms with Gasteiger partial charge in [-0.05, 0) is 37.7 Å². The van der Waals surface area contributed by atoms with Gasteiger partial charge in [0.2, 0.25) is 0 Å². The van der Waals surface area contributed by atoms with E-state index in [1.165, 1.54) is 5.75 Å². The van der Waals surface area contributed by atoms with Crippen LogP contribution in [0.5, 0.6) is 0 Å². The summed E-state index contributed by atoms with van der Waals surface area (Å²) in [6.45, 7) is 8.64. The van der Waals surface area contributed by atoms with E-state index < -0.39 is 0 Å². The Morgan fingerprint density at radius 1 is 1.24 bits per heavy atom. The van der Waals surface area contributed by atoms with Gasteiger partial charge in [0, 0.05) is 23.0 Å². The number of aryl methyl sites for hydroxylation is 1. The summed E-state index contributed by atoms with van der Waals surface area (Å²) >= 11 is 2.00. The van der Waals surface area contributed by atoms with Crippen LogP contribution in [0, 0.1) is 12.8 Å². The van der Waals surface area contributed by atoms with E-state index >= 15 is 0 Å². The number of hydrogen-bond acceptors (Lipinski definition) is 4. The minimum Gasteiger partial charge on any atom is -0.382 e. The molecule has 0 radical (unpaired) electrons. The molecule has 0 aliphatic heterocycles. The van der Waals surface area contributed by atoms with Gasteiger partial charge in [0.25, 0.3) is 0 Å². The predicted octanol–water partition coefficient (Wildman–Crippen LogP) is 3.97. The normalized spacial score (nSPS) is 12.6. The summed E-state index contributed by atoms with van der Waals surface area (Å²) in [4.78, 5) is 4.37. The summed E-state index contributed by atoms with van der Waals surface area (Å²) in [6, 6.07) is 8.71. The number of nitrogens with one attached hydrogen (secondary N) is 2. The molecule has 0 bridgehead atoms. The van der Waals surface area contributed by atoms with E-state index in [9.17, 15) is 0 Å². The number of anilines is 1. The Kier molecular flexibility index (Phi) is 5.67. The highest BCUT2D eigenvalue weighted by Gasteiger charge is 2.07. The van der Waals surface area contributed by atoms with Gasteiger partial charge >= 0.3 is 0 Å². The smallest absolute Gasteiger partial charge is 0.181 e. The second kappa shape index (κ2) is 7.50. The molecule has 0 aliphatic carbocycles. The van der Waals surface area contributed by atoms with Gasteiger partial charge in [0.15, 0.2) is 5.82 Å². The first-order valence-corrected chi connectivity index (χ1v) is 8.54. The van der Waals surface area contributed by atoms with Crippen molar-refractivity contribution in [3.63, 3.8) is 0 Å². The monoisotopic (exact) mass is 304 g/mol. The maximum atomic E-state index is 4.37. The summed E-state index contributed by atoms with van der Waals surface area (Å²) in [7, 11) is 0. The molecule has 21 heavy (non-hydrogen) atoms. The zero-order valence-corrected chi connectivity index (χ0v) is 14.0. The fourth-order valence-electron chi connectivity index (χ4n) is 2.03. The van der Waals surface area contributed by atoms with E-state index in [1.54, 1.807) is 0 Å². The minimum absolute atomic E-state index is 0.442. The second-order valence-corrected chi connectivity index (χ2v) is 6.88. The van der Waals surface area contributed by atoms with Gasteiger partial charge in [-0.3, -0.25) is 5.10 Å². The molecule has 0 saturated heterocycles. The third-order valence-corrected chi connectivity index (χ3v) is 4.59. The van der Waals surface area contributed by atoms with E-state index in [-0.39, 0.29) is 0 Å². The van der Waals surface area contributed by atoms with Crippen LogP contribution >= 0.6 is 11.8 Å². The summed E-state index contributed by atoms with van der Waals surface area (Å²) in [5, 5.41) is 10.6. The number of H-pyrrole nitrogens is 1. The fourth-order valence-corrected chi connectivity index (χ4v) is 3.07. The van der Waals surface area contributed by atoms with Crippen molar-refractivity contribution in [1.82, 2.24) is 15.2 Å². The van der Waals surface area contributed by atoms with Crippen molar-refractivity contribution in [3.05, 3.63) is 30.1 Å². The SMILES string of the molecule is Cc1nc(-c2cccc(N[C@H](C)CSCC(C)C)c2)n[nH]1. The summed E-state index contributed by atoms with van der Waals surface area (Å²) in [5.74, 6) is 4.66. The number of benzene rings is 1. The molecule has 2 rings (SSSR count). The van der Waals surface area contributed by atoms with Crippen LogP contribution in [0.4, 0.5) is 5.69 Å². The third-order valence-electron chi connectivity index (χ3n) is 2.95.